The number of aryl methyl sites for hydroxylation is 2. The van der Waals surface area contributed by atoms with Crippen molar-refractivity contribution in [2.45, 2.75) is 11.8 Å². The van der Waals surface area contributed by atoms with Crippen LogP contribution in [-0.4, -0.2) is 27.1 Å². The molecule has 9 heteroatoms. The Morgan fingerprint density at radius 2 is 1.93 bits per heavy atom. The fraction of sp³-hybridized carbons (Fsp3) is 0.190. The molecule has 2 aromatic carbocycles. The van der Waals surface area contributed by atoms with Crippen molar-refractivity contribution in [1.29, 1.82) is 0 Å². The van der Waals surface area contributed by atoms with Gasteiger partial charge in [0.1, 0.15) is 7.05 Å². The SMILES string of the molecule is COS(=O)(=O)[O-].Cc1cccc2c(/C=C3\Sc4ccc(Cl)cc4N3C)cc[n+](C)c12. The van der Waals surface area contributed by atoms with Gasteiger partial charge in [0, 0.05) is 28.6 Å². The van der Waals surface area contributed by atoms with E-state index >= 15 is 0 Å². The Hall–Kier alpha value is -2.10. The number of anilines is 1. The summed E-state index contributed by atoms with van der Waals surface area (Å²) in [5.41, 5.74) is 4.97. The fourth-order valence-corrected chi connectivity index (χ4v) is 4.49. The van der Waals surface area contributed by atoms with Crippen molar-refractivity contribution in [3.63, 3.8) is 0 Å². The lowest BCUT2D eigenvalue weighted by Crippen LogP contribution is -2.29. The molecule has 0 amide bonds. The summed E-state index contributed by atoms with van der Waals surface area (Å²) in [7, 11) is 0.588. The number of nitrogens with zero attached hydrogens (tertiary/aromatic N) is 2. The standard InChI is InChI=1S/C20H18ClN2S.CH4O4S/c1-13-5-4-6-16-14(9-10-22(2)20(13)16)11-19-23(3)17-12-15(21)7-8-18(17)24-19;1-5-6(2,3)4/h4-12H,1-3H3;1H3,(H,2,3,4)/q+1;/p-1. The van der Waals surface area contributed by atoms with Crippen LogP contribution in [0.15, 0.2) is 58.6 Å². The quantitative estimate of drug-likeness (QED) is 0.320. The van der Waals surface area contributed by atoms with Gasteiger partial charge < -0.3 is 9.45 Å². The summed E-state index contributed by atoms with van der Waals surface area (Å²) in [4.78, 5) is 3.45. The number of thioether (sulfide) groups is 1. The normalized spacial score (nSPS) is 14.6. The van der Waals surface area contributed by atoms with E-state index in [2.05, 4.69) is 77.3 Å². The van der Waals surface area contributed by atoms with Gasteiger partial charge in [-0.2, -0.15) is 0 Å². The van der Waals surface area contributed by atoms with E-state index in [0.29, 0.717) is 0 Å². The highest BCUT2D eigenvalue weighted by Crippen LogP contribution is 2.46. The maximum Gasteiger partial charge on any atom is 0.217 e. The van der Waals surface area contributed by atoms with Crippen LogP contribution in [0.4, 0.5) is 5.69 Å². The number of pyridine rings is 1. The summed E-state index contributed by atoms with van der Waals surface area (Å²) >= 11 is 7.94. The molecule has 0 unspecified atom stereocenters. The monoisotopic (exact) mass is 464 g/mol. The highest BCUT2D eigenvalue weighted by molar-refractivity contribution is 8.03. The number of aromatic nitrogens is 1. The summed E-state index contributed by atoms with van der Waals surface area (Å²) in [6, 6.07) is 14.7. The van der Waals surface area contributed by atoms with Crippen molar-refractivity contribution in [1.82, 2.24) is 0 Å². The molecule has 0 fully saturated rings. The van der Waals surface area contributed by atoms with Gasteiger partial charge in [0.05, 0.1) is 23.2 Å². The Morgan fingerprint density at radius 1 is 1.23 bits per heavy atom. The van der Waals surface area contributed by atoms with E-state index in [1.54, 1.807) is 11.8 Å². The number of fused-ring (bicyclic) bond motifs is 2. The number of rotatable bonds is 2. The van der Waals surface area contributed by atoms with Gasteiger partial charge in [-0.15, -0.1) is 0 Å². The second-order valence-corrected chi connectivity index (χ2v) is 9.33. The van der Waals surface area contributed by atoms with Crippen LogP contribution in [0.1, 0.15) is 11.1 Å². The topological polar surface area (TPSA) is 73.5 Å². The van der Waals surface area contributed by atoms with Gasteiger partial charge in [-0.05, 0) is 42.8 Å². The number of benzene rings is 2. The molecule has 0 spiro atoms. The number of halogens is 1. The third-order valence-electron chi connectivity index (χ3n) is 4.69. The Bertz CT molecular complexity index is 1230. The molecule has 0 N–H and O–H groups in total. The van der Waals surface area contributed by atoms with Crippen LogP contribution < -0.4 is 9.47 Å². The van der Waals surface area contributed by atoms with E-state index in [0.717, 1.165) is 12.1 Å². The number of hydrogen-bond acceptors (Lipinski definition) is 6. The zero-order valence-corrected chi connectivity index (χ0v) is 19.3. The molecule has 30 heavy (non-hydrogen) atoms. The molecule has 0 saturated heterocycles. The lowest BCUT2D eigenvalue weighted by Gasteiger charge is -2.14. The molecule has 0 atom stereocenters. The minimum absolute atomic E-state index is 0.773. The first kappa shape index (κ1) is 22.6. The highest BCUT2D eigenvalue weighted by atomic mass is 35.5. The molecule has 6 nitrogen and oxygen atoms in total. The van der Waals surface area contributed by atoms with Gasteiger partial charge in [0.15, 0.2) is 6.20 Å². The minimum Gasteiger partial charge on any atom is -0.726 e. The minimum atomic E-state index is -4.41. The predicted molar refractivity (Wildman–Crippen MR) is 120 cm³/mol. The molecule has 0 radical (unpaired) electrons. The first-order valence-electron chi connectivity index (χ1n) is 8.93. The average Bonchev–Trinajstić information content (AvgIpc) is 2.99. The van der Waals surface area contributed by atoms with Crippen LogP contribution in [0.25, 0.3) is 17.0 Å². The second kappa shape index (κ2) is 8.95. The van der Waals surface area contributed by atoms with Crippen molar-refractivity contribution in [2.24, 2.45) is 7.05 Å². The van der Waals surface area contributed by atoms with Crippen LogP contribution in [0.5, 0.6) is 0 Å². The van der Waals surface area contributed by atoms with E-state index in [-0.39, 0.29) is 0 Å². The van der Waals surface area contributed by atoms with Crippen LogP contribution in [-0.2, 0) is 21.6 Å². The van der Waals surface area contributed by atoms with E-state index in [4.69, 9.17) is 11.6 Å². The van der Waals surface area contributed by atoms with E-state index < -0.39 is 10.4 Å². The molecule has 0 saturated carbocycles. The first-order chi connectivity index (χ1) is 14.1. The van der Waals surface area contributed by atoms with Crippen LogP contribution in [0.2, 0.25) is 5.02 Å². The molecule has 158 valence electrons. The molecular formula is C21H21ClN2O4S2. The Morgan fingerprint density at radius 3 is 2.60 bits per heavy atom. The molecule has 4 rings (SSSR count). The summed E-state index contributed by atoms with van der Waals surface area (Å²) in [5.74, 6) is 0. The van der Waals surface area contributed by atoms with Gasteiger partial charge in [0.25, 0.3) is 0 Å². The van der Waals surface area contributed by atoms with Crippen LogP contribution >= 0.6 is 23.4 Å². The van der Waals surface area contributed by atoms with Crippen molar-refractivity contribution >= 4 is 56.4 Å². The molecule has 0 aliphatic carbocycles. The lowest BCUT2D eigenvalue weighted by molar-refractivity contribution is -0.645. The first-order valence-corrected chi connectivity index (χ1v) is 11.5. The molecule has 1 aliphatic heterocycles. The third-order valence-corrected chi connectivity index (χ3v) is 6.50. The Balaban J connectivity index is 0.000000377. The number of hydrogen-bond donors (Lipinski definition) is 0. The molecule has 1 aliphatic rings. The lowest BCUT2D eigenvalue weighted by atomic mass is 10.1. The van der Waals surface area contributed by atoms with Crippen molar-refractivity contribution in [3.8, 4) is 0 Å². The van der Waals surface area contributed by atoms with E-state index in [1.165, 1.54) is 37.6 Å². The molecular weight excluding hydrogens is 444 g/mol. The summed E-state index contributed by atoms with van der Waals surface area (Å²) in [5, 5.41) is 3.26. The van der Waals surface area contributed by atoms with Crippen LogP contribution in [0.3, 0.4) is 0 Å². The van der Waals surface area contributed by atoms with E-state index in [9.17, 15) is 13.0 Å². The smallest absolute Gasteiger partial charge is 0.217 e. The molecule has 3 aromatic rings. The summed E-state index contributed by atoms with van der Waals surface area (Å²) in [6.07, 6.45) is 4.39. The maximum absolute atomic E-state index is 9.22. The highest BCUT2D eigenvalue weighted by Gasteiger charge is 2.23. The fourth-order valence-electron chi connectivity index (χ4n) is 3.24. The zero-order chi connectivity index (χ0) is 22.1. The third kappa shape index (κ3) is 4.96. The van der Waals surface area contributed by atoms with Gasteiger partial charge in [-0.1, -0.05) is 35.5 Å². The largest absolute Gasteiger partial charge is 0.726 e. The van der Waals surface area contributed by atoms with Crippen LogP contribution in [0, 0.1) is 6.92 Å². The summed E-state index contributed by atoms with van der Waals surface area (Å²) in [6.45, 7) is 2.16. The predicted octanol–water partition coefficient (Wildman–Crippen LogP) is 4.26. The van der Waals surface area contributed by atoms with E-state index in [1.807, 2.05) is 12.1 Å². The Labute approximate surface area is 185 Å². The maximum atomic E-state index is 9.22. The molecule has 2 heterocycles. The van der Waals surface area contributed by atoms with Crippen molar-refractivity contribution in [2.75, 3.05) is 19.1 Å². The average molecular weight is 465 g/mol. The van der Waals surface area contributed by atoms with Crippen molar-refractivity contribution < 1.29 is 21.7 Å². The van der Waals surface area contributed by atoms with Crippen molar-refractivity contribution in [3.05, 3.63) is 69.8 Å². The number of para-hydroxylation sites is 1. The summed E-state index contributed by atoms with van der Waals surface area (Å²) < 4.78 is 33.2. The van der Waals surface area contributed by atoms with Gasteiger partial charge in [-0.3, -0.25) is 4.18 Å². The van der Waals surface area contributed by atoms with Gasteiger partial charge >= 0.3 is 0 Å². The zero-order valence-electron chi connectivity index (χ0n) is 16.9. The van der Waals surface area contributed by atoms with Gasteiger partial charge in [0.2, 0.25) is 15.9 Å². The molecule has 1 aromatic heterocycles. The van der Waals surface area contributed by atoms with Gasteiger partial charge in [-0.25, -0.2) is 13.0 Å². The second-order valence-electron chi connectivity index (χ2n) is 6.68. The molecule has 0 bridgehead atoms. The Kier molecular flexibility index (Phi) is 6.74.